The van der Waals surface area contributed by atoms with E-state index < -0.39 is 0 Å². The summed E-state index contributed by atoms with van der Waals surface area (Å²) in [5.74, 6) is 0.609. The molecule has 0 aromatic carbocycles. The summed E-state index contributed by atoms with van der Waals surface area (Å²) in [6, 6.07) is 3.77. The average Bonchev–Trinajstić information content (AvgIpc) is 2.82. The molecule has 5 nitrogen and oxygen atoms in total. The largest absolute Gasteiger partial charge is 0.359 e. The monoisotopic (exact) mass is 216 g/mol. The lowest BCUT2D eigenvalue weighted by Gasteiger charge is -2.15. The Morgan fingerprint density at radius 1 is 1.38 bits per heavy atom. The Kier molecular flexibility index (Phi) is 2.11. The van der Waals surface area contributed by atoms with Gasteiger partial charge in [0.05, 0.1) is 11.4 Å². The summed E-state index contributed by atoms with van der Waals surface area (Å²) < 4.78 is 0. The molecule has 0 radical (unpaired) electrons. The Hall–Kier alpha value is -1.88. The van der Waals surface area contributed by atoms with Gasteiger partial charge < -0.3 is 15.3 Å². The standard InChI is InChI=1S/C11H12N4O/c16-11-7-3-5-12-6-9(7)14-10(15-11)8-2-1-4-13-8/h1-2,4,12-13H,3,5-6H2,(H,14,15,16). The van der Waals surface area contributed by atoms with Gasteiger partial charge in [0.1, 0.15) is 0 Å². The summed E-state index contributed by atoms with van der Waals surface area (Å²) in [7, 11) is 0. The zero-order valence-corrected chi connectivity index (χ0v) is 8.71. The van der Waals surface area contributed by atoms with Crippen LogP contribution in [-0.2, 0) is 13.0 Å². The molecule has 0 fully saturated rings. The van der Waals surface area contributed by atoms with Crippen LogP contribution in [0.4, 0.5) is 0 Å². The molecule has 3 rings (SSSR count). The molecule has 1 aliphatic rings. The Morgan fingerprint density at radius 2 is 2.31 bits per heavy atom. The van der Waals surface area contributed by atoms with Gasteiger partial charge in [-0.3, -0.25) is 4.79 Å². The van der Waals surface area contributed by atoms with Crippen LogP contribution in [0.15, 0.2) is 23.1 Å². The summed E-state index contributed by atoms with van der Waals surface area (Å²) in [5.41, 5.74) is 2.50. The second-order valence-electron chi connectivity index (χ2n) is 3.85. The second-order valence-corrected chi connectivity index (χ2v) is 3.85. The minimum atomic E-state index is -0.0175. The van der Waals surface area contributed by atoms with Crippen molar-refractivity contribution < 1.29 is 0 Å². The van der Waals surface area contributed by atoms with E-state index in [4.69, 9.17) is 0 Å². The maximum atomic E-state index is 11.8. The predicted octanol–water partition coefficient (Wildman–Crippen LogP) is 0.411. The van der Waals surface area contributed by atoms with E-state index in [0.717, 1.165) is 29.9 Å². The quantitative estimate of drug-likeness (QED) is 0.646. The molecule has 1 aliphatic heterocycles. The van der Waals surface area contributed by atoms with Gasteiger partial charge in [-0.05, 0) is 25.1 Å². The number of aromatic nitrogens is 3. The average molecular weight is 216 g/mol. The topological polar surface area (TPSA) is 73.6 Å². The van der Waals surface area contributed by atoms with Crippen molar-refractivity contribution in [3.8, 4) is 11.5 Å². The van der Waals surface area contributed by atoms with E-state index in [9.17, 15) is 4.79 Å². The lowest BCUT2D eigenvalue weighted by Crippen LogP contribution is -2.31. The second kappa shape index (κ2) is 3.61. The fourth-order valence-electron chi connectivity index (χ4n) is 1.97. The van der Waals surface area contributed by atoms with Crippen molar-refractivity contribution in [1.29, 1.82) is 0 Å². The number of hydrogen-bond donors (Lipinski definition) is 3. The van der Waals surface area contributed by atoms with Crippen molar-refractivity contribution in [3.63, 3.8) is 0 Å². The van der Waals surface area contributed by atoms with E-state index in [0.29, 0.717) is 12.4 Å². The third-order valence-electron chi connectivity index (χ3n) is 2.80. The number of hydrogen-bond acceptors (Lipinski definition) is 3. The fraction of sp³-hybridized carbons (Fsp3) is 0.273. The van der Waals surface area contributed by atoms with Crippen LogP contribution in [0.1, 0.15) is 11.3 Å². The highest BCUT2D eigenvalue weighted by molar-refractivity contribution is 5.49. The van der Waals surface area contributed by atoms with Gasteiger partial charge in [-0.15, -0.1) is 0 Å². The molecular weight excluding hydrogens is 204 g/mol. The van der Waals surface area contributed by atoms with Gasteiger partial charge in [0.15, 0.2) is 5.82 Å². The van der Waals surface area contributed by atoms with Gasteiger partial charge in [0.2, 0.25) is 0 Å². The van der Waals surface area contributed by atoms with E-state index in [1.165, 1.54) is 0 Å². The molecule has 0 saturated carbocycles. The van der Waals surface area contributed by atoms with Gasteiger partial charge in [0, 0.05) is 18.3 Å². The normalized spacial score (nSPS) is 14.8. The summed E-state index contributed by atoms with van der Waals surface area (Å²) in [4.78, 5) is 22.2. The van der Waals surface area contributed by atoms with E-state index >= 15 is 0 Å². The van der Waals surface area contributed by atoms with Gasteiger partial charge in [0.25, 0.3) is 5.56 Å². The SMILES string of the molecule is O=c1[nH]c(-c2ccc[nH]2)nc2c1CCNC2. The highest BCUT2D eigenvalue weighted by Crippen LogP contribution is 2.13. The van der Waals surface area contributed by atoms with Crippen LogP contribution < -0.4 is 10.9 Å². The van der Waals surface area contributed by atoms with E-state index in [1.807, 2.05) is 18.3 Å². The zero-order valence-electron chi connectivity index (χ0n) is 8.71. The van der Waals surface area contributed by atoms with E-state index in [2.05, 4.69) is 20.3 Å². The molecule has 0 saturated heterocycles. The van der Waals surface area contributed by atoms with E-state index in [1.54, 1.807) is 0 Å². The molecule has 0 spiro atoms. The van der Waals surface area contributed by atoms with Gasteiger partial charge >= 0.3 is 0 Å². The predicted molar refractivity (Wildman–Crippen MR) is 60.1 cm³/mol. The number of aromatic amines is 2. The van der Waals surface area contributed by atoms with Crippen molar-refractivity contribution in [3.05, 3.63) is 39.9 Å². The van der Waals surface area contributed by atoms with Crippen LogP contribution in [0.2, 0.25) is 0 Å². The van der Waals surface area contributed by atoms with E-state index in [-0.39, 0.29) is 5.56 Å². The van der Waals surface area contributed by atoms with Crippen LogP contribution >= 0.6 is 0 Å². The summed E-state index contributed by atoms with van der Waals surface area (Å²) in [5, 5.41) is 3.22. The number of nitrogens with zero attached hydrogens (tertiary/aromatic N) is 1. The number of rotatable bonds is 1. The Morgan fingerprint density at radius 3 is 3.12 bits per heavy atom. The summed E-state index contributed by atoms with van der Waals surface area (Å²) >= 11 is 0. The smallest absolute Gasteiger partial charge is 0.254 e. The first-order valence-corrected chi connectivity index (χ1v) is 5.31. The molecule has 0 amide bonds. The molecular formula is C11H12N4O. The minimum absolute atomic E-state index is 0.0175. The highest BCUT2D eigenvalue weighted by atomic mass is 16.1. The van der Waals surface area contributed by atoms with Crippen molar-refractivity contribution in [2.75, 3.05) is 6.54 Å². The van der Waals surface area contributed by atoms with Crippen LogP contribution in [-0.4, -0.2) is 21.5 Å². The van der Waals surface area contributed by atoms with Crippen LogP contribution in [0.3, 0.4) is 0 Å². The maximum absolute atomic E-state index is 11.8. The number of fused-ring (bicyclic) bond motifs is 1. The zero-order chi connectivity index (χ0) is 11.0. The molecule has 5 heteroatoms. The number of H-pyrrole nitrogens is 2. The lowest BCUT2D eigenvalue weighted by molar-refractivity contribution is 0.619. The van der Waals surface area contributed by atoms with Crippen molar-refractivity contribution in [2.45, 2.75) is 13.0 Å². The molecule has 0 unspecified atom stereocenters. The Labute approximate surface area is 91.9 Å². The minimum Gasteiger partial charge on any atom is -0.359 e. The first kappa shape index (κ1) is 9.35. The van der Waals surface area contributed by atoms with Crippen LogP contribution in [0.5, 0.6) is 0 Å². The van der Waals surface area contributed by atoms with Gasteiger partial charge in [-0.2, -0.15) is 0 Å². The molecule has 2 aromatic rings. The lowest BCUT2D eigenvalue weighted by atomic mass is 10.1. The fourth-order valence-corrected chi connectivity index (χ4v) is 1.97. The molecule has 0 aliphatic carbocycles. The molecule has 82 valence electrons. The summed E-state index contributed by atoms with van der Waals surface area (Å²) in [6.45, 7) is 1.52. The van der Waals surface area contributed by atoms with Gasteiger partial charge in [-0.1, -0.05) is 0 Å². The Bertz CT molecular complexity index is 556. The maximum Gasteiger partial charge on any atom is 0.254 e. The first-order chi connectivity index (χ1) is 7.84. The van der Waals surface area contributed by atoms with Crippen LogP contribution in [0, 0.1) is 0 Å². The molecule has 0 bridgehead atoms. The molecule has 3 N–H and O–H groups in total. The van der Waals surface area contributed by atoms with Crippen LogP contribution in [0.25, 0.3) is 11.5 Å². The molecule has 3 heterocycles. The first-order valence-electron chi connectivity index (χ1n) is 5.31. The molecule has 2 aromatic heterocycles. The molecule has 16 heavy (non-hydrogen) atoms. The van der Waals surface area contributed by atoms with Crippen molar-refractivity contribution >= 4 is 0 Å². The third kappa shape index (κ3) is 1.45. The van der Waals surface area contributed by atoms with Crippen molar-refractivity contribution in [2.24, 2.45) is 0 Å². The molecule has 0 atom stereocenters. The summed E-state index contributed by atoms with van der Waals surface area (Å²) in [6.07, 6.45) is 2.57. The Balaban J connectivity index is 2.16. The highest BCUT2D eigenvalue weighted by Gasteiger charge is 2.15. The van der Waals surface area contributed by atoms with Crippen molar-refractivity contribution in [1.82, 2.24) is 20.3 Å². The third-order valence-corrected chi connectivity index (χ3v) is 2.80. The number of nitrogens with one attached hydrogen (secondary N) is 3. The van der Waals surface area contributed by atoms with Gasteiger partial charge in [-0.25, -0.2) is 4.98 Å².